The average Bonchev–Trinajstić information content (AvgIpc) is 2.90. The predicted octanol–water partition coefficient (Wildman–Crippen LogP) is 5.39. The van der Waals surface area contributed by atoms with Crippen LogP contribution in [0.5, 0.6) is 5.75 Å². The largest absolute Gasteiger partial charge is 0.496 e. The highest BCUT2D eigenvalue weighted by molar-refractivity contribution is 5.91. The maximum atomic E-state index is 12.9. The number of hydrogen-bond donors (Lipinski definition) is 2. The minimum atomic E-state index is 0.0109. The molecule has 1 aromatic heterocycles. The van der Waals surface area contributed by atoms with Crippen LogP contribution in [0, 0.1) is 19.8 Å². The van der Waals surface area contributed by atoms with Crippen LogP contribution in [0.15, 0.2) is 30.3 Å². The topological polar surface area (TPSA) is 103 Å². The van der Waals surface area contributed by atoms with Crippen molar-refractivity contribution in [3.05, 3.63) is 52.8 Å². The lowest BCUT2D eigenvalue weighted by molar-refractivity contribution is -0.135. The molecule has 0 spiro atoms. The highest BCUT2D eigenvalue weighted by Crippen LogP contribution is 2.42. The quantitative estimate of drug-likeness (QED) is 0.366. The van der Waals surface area contributed by atoms with Crippen molar-refractivity contribution in [2.45, 2.75) is 58.4 Å². The van der Waals surface area contributed by atoms with Gasteiger partial charge in [0.15, 0.2) is 0 Å². The van der Waals surface area contributed by atoms with Crippen LogP contribution in [0.25, 0.3) is 10.9 Å². The zero-order chi connectivity index (χ0) is 27.4. The number of ether oxygens (including phenoxy) is 2. The van der Waals surface area contributed by atoms with E-state index in [1.54, 1.807) is 19.1 Å². The number of methoxy groups -OCH3 is 2. The second-order valence-electron chi connectivity index (χ2n) is 10.6. The predicted molar refractivity (Wildman–Crippen MR) is 153 cm³/mol. The molecule has 0 aliphatic heterocycles. The number of fused-ring (bicyclic) bond motifs is 1. The average molecular weight is 520 g/mol. The van der Waals surface area contributed by atoms with Crippen molar-refractivity contribution in [3.8, 4) is 5.75 Å². The van der Waals surface area contributed by atoms with E-state index in [-0.39, 0.29) is 17.9 Å². The number of nitrogens with one attached hydrogen (secondary N) is 1. The molecule has 1 amide bonds. The lowest BCUT2D eigenvalue weighted by Crippen LogP contribution is -2.36. The van der Waals surface area contributed by atoms with E-state index in [9.17, 15) is 4.79 Å². The zero-order valence-electron chi connectivity index (χ0n) is 23.5. The molecule has 38 heavy (non-hydrogen) atoms. The number of hydrogen-bond acceptors (Lipinski definition) is 7. The zero-order valence-corrected chi connectivity index (χ0v) is 23.5. The normalized spacial score (nSPS) is 18.3. The van der Waals surface area contributed by atoms with Crippen LogP contribution >= 0.6 is 0 Å². The molecule has 8 nitrogen and oxygen atoms in total. The van der Waals surface area contributed by atoms with Gasteiger partial charge in [0.2, 0.25) is 5.91 Å². The van der Waals surface area contributed by atoms with E-state index in [4.69, 9.17) is 25.2 Å². The van der Waals surface area contributed by atoms with E-state index in [0.29, 0.717) is 24.9 Å². The van der Waals surface area contributed by atoms with Gasteiger partial charge in [0.1, 0.15) is 17.4 Å². The Morgan fingerprint density at radius 1 is 1.11 bits per heavy atom. The summed E-state index contributed by atoms with van der Waals surface area (Å²) in [5.74, 6) is 2.92. The van der Waals surface area contributed by atoms with Crippen molar-refractivity contribution in [3.63, 3.8) is 0 Å². The number of anilines is 2. The fraction of sp³-hybridized carbons (Fsp3) is 0.500. The first-order chi connectivity index (χ1) is 18.2. The maximum Gasteiger partial charge on any atom is 0.225 e. The first-order valence-electron chi connectivity index (χ1n) is 13.4. The SMILES string of the molecule is COCCN(C)C(=O)C1CCC(c2cc3c(N[C@H](C)c4cc(C)cc(N)c4)nc(C)nc3cc2OC)CC1. The summed E-state index contributed by atoms with van der Waals surface area (Å²) in [6, 6.07) is 10.3. The summed E-state index contributed by atoms with van der Waals surface area (Å²) in [6.07, 6.45) is 3.60. The van der Waals surface area contributed by atoms with Gasteiger partial charge in [0.05, 0.1) is 25.3 Å². The van der Waals surface area contributed by atoms with Gasteiger partial charge in [-0.1, -0.05) is 6.07 Å². The van der Waals surface area contributed by atoms with E-state index in [1.165, 1.54) is 0 Å². The minimum Gasteiger partial charge on any atom is -0.496 e. The van der Waals surface area contributed by atoms with Crippen molar-refractivity contribution in [1.29, 1.82) is 0 Å². The molecular formula is C30H41N5O3. The van der Waals surface area contributed by atoms with Gasteiger partial charge in [0, 0.05) is 43.8 Å². The van der Waals surface area contributed by atoms with Crippen LogP contribution in [-0.4, -0.2) is 55.2 Å². The molecule has 3 N–H and O–H groups in total. The number of carbonyl (C=O) groups excluding carboxylic acids is 1. The standard InChI is InChI=1S/C30H41N5O3/c1-18-13-23(15-24(31)14-18)19(2)32-29-26-16-25(28(38-6)17-27(26)33-20(3)34-29)21-7-9-22(10-8-21)30(36)35(4)11-12-37-5/h13-17,19,21-22H,7-12,31H2,1-6H3,(H,32,33,34)/t19-,21?,22?/m1/s1. The molecule has 1 fully saturated rings. The number of nitrogen functional groups attached to an aromatic ring is 1. The highest BCUT2D eigenvalue weighted by Gasteiger charge is 2.30. The summed E-state index contributed by atoms with van der Waals surface area (Å²) >= 11 is 0. The van der Waals surface area contributed by atoms with Gasteiger partial charge in [-0.2, -0.15) is 0 Å². The Labute approximate surface area is 225 Å². The van der Waals surface area contributed by atoms with Crippen LogP contribution < -0.4 is 15.8 Å². The fourth-order valence-corrected chi connectivity index (χ4v) is 5.58. The number of aryl methyl sites for hydroxylation is 2. The second kappa shape index (κ2) is 12.0. The van der Waals surface area contributed by atoms with Gasteiger partial charge in [-0.3, -0.25) is 4.79 Å². The third kappa shape index (κ3) is 6.18. The monoisotopic (exact) mass is 519 g/mol. The first-order valence-corrected chi connectivity index (χ1v) is 13.4. The van der Waals surface area contributed by atoms with E-state index in [0.717, 1.165) is 70.5 Å². The maximum absolute atomic E-state index is 12.9. The van der Waals surface area contributed by atoms with E-state index in [1.807, 2.05) is 32.2 Å². The Morgan fingerprint density at radius 3 is 2.50 bits per heavy atom. The molecule has 1 aliphatic rings. The third-order valence-corrected chi connectivity index (χ3v) is 7.66. The van der Waals surface area contributed by atoms with Crippen LogP contribution in [0.1, 0.15) is 67.1 Å². The van der Waals surface area contributed by atoms with Gasteiger partial charge in [-0.05, 0) is 87.3 Å². The molecule has 1 saturated carbocycles. The van der Waals surface area contributed by atoms with Crippen LogP contribution in [0.4, 0.5) is 11.5 Å². The summed E-state index contributed by atoms with van der Waals surface area (Å²) in [7, 11) is 5.23. The molecular weight excluding hydrogens is 478 g/mol. The number of carbonyl (C=O) groups is 1. The molecule has 1 heterocycles. The molecule has 0 saturated heterocycles. The summed E-state index contributed by atoms with van der Waals surface area (Å²) in [4.78, 5) is 24.2. The van der Waals surface area contributed by atoms with E-state index in [2.05, 4.69) is 31.3 Å². The number of likely N-dealkylation sites (N-methyl/N-ethyl adjacent to an activating group) is 1. The molecule has 1 atom stereocenters. The molecule has 204 valence electrons. The number of aromatic nitrogens is 2. The number of rotatable bonds is 9. The minimum absolute atomic E-state index is 0.0109. The van der Waals surface area contributed by atoms with Gasteiger partial charge in [-0.15, -0.1) is 0 Å². The van der Waals surface area contributed by atoms with Gasteiger partial charge in [0.25, 0.3) is 0 Å². The van der Waals surface area contributed by atoms with Crippen molar-refractivity contribution in [2.75, 3.05) is 45.5 Å². The molecule has 1 aliphatic carbocycles. The van der Waals surface area contributed by atoms with E-state index >= 15 is 0 Å². The Morgan fingerprint density at radius 2 is 1.84 bits per heavy atom. The Bertz CT molecular complexity index is 1270. The van der Waals surface area contributed by atoms with Crippen LogP contribution in [0.2, 0.25) is 0 Å². The molecule has 0 unspecified atom stereocenters. The molecule has 0 radical (unpaired) electrons. The number of benzene rings is 2. The molecule has 3 aromatic rings. The lowest BCUT2D eigenvalue weighted by atomic mass is 9.77. The summed E-state index contributed by atoms with van der Waals surface area (Å²) in [6.45, 7) is 7.25. The third-order valence-electron chi connectivity index (χ3n) is 7.66. The van der Waals surface area contributed by atoms with Gasteiger partial charge < -0.3 is 25.4 Å². The summed E-state index contributed by atoms with van der Waals surface area (Å²) in [5, 5.41) is 4.58. The molecule has 0 bridgehead atoms. The Kier molecular flexibility index (Phi) is 8.72. The van der Waals surface area contributed by atoms with Crippen LogP contribution in [-0.2, 0) is 9.53 Å². The van der Waals surface area contributed by atoms with Crippen molar-refractivity contribution < 1.29 is 14.3 Å². The molecule has 2 aromatic carbocycles. The first kappa shape index (κ1) is 27.6. The van der Waals surface area contributed by atoms with Crippen molar-refractivity contribution in [1.82, 2.24) is 14.9 Å². The Hall–Kier alpha value is -3.39. The van der Waals surface area contributed by atoms with E-state index < -0.39 is 0 Å². The van der Waals surface area contributed by atoms with Crippen molar-refractivity contribution >= 4 is 28.3 Å². The molecule has 4 rings (SSSR count). The smallest absolute Gasteiger partial charge is 0.225 e. The highest BCUT2D eigenvalue weighted by atomic mass is 16.5. The van der Waals surface area contributed by atoms with Crippen molar-refractivity contribution in [2.24, 2.45) is 5.92 Å². The lowest BCUT2D eigenvalue weighted by Gasteiger charge is -2.31. The summed E-state index contributed by atoms with van der Waals surface area (Å²) < 4.78 is 11.0. The summed E-state index contributed by atoms with van der Waals surface area (Å²) in [5.41, 5.74) is 11.1. The number of nitrogens with two attached hydrogens (primary N) is 1. The number of amides is 1. The number of nitrogens with zero attached hydrogens (tertiary/aromatic N) is 3. The molecule has 8 heteroatoms. The fourth-order valence-electron chi connectivity index (χ4n) is 5.58. The second-order valence-corrected chi connectivity index (χ2v) is 10.6. The Balaban J connectivity index is 1.59. The van der Waals surface area contributed by atoms with Gasteiger partial charge >= 0.3 is 0 Å². The van der Waals surface area contributed by atoms with Gasteiger partial charge in [-0.25, -0.2) is 9.97 Å². The van der Waals surface area contributed by atoms with Crippen LogP contribution in [0.3, 0.4) is 0 Å².